The first-order chi connectivity index (χ1) is 9.67. The van der Waals surface area contributed by atoms with E-state index in [0.29, 0.717) is 18.3 Å². The van der Waals surface area contributed by atoms with Gasteiger partial charge in [-0.25, -0.2) is 0 Å². The number of carbonyl (C=O) groups excluding carboxylic acids is 1. The van der Waals surface area contributed by atoms with Crippen LogP contribution in [-0.4, -0.2) is 24.7 Å². The number of amides is 1. The third-order valence-corrected chi connectivity index (χ3v) is 3.85. The summed E-state index contributed by atoms with van der Waals surface area (Å²) in [5.41, 5.74) is 1.26. The van der Waals surface area contributed by atoms with Crippen molar-refractivity contribution < 1.29 is 4.79 Å². The summed E-state index contributed by atoms with van der Waals surface area (Å²) in [6.07, 6.45) is 6.22. The minimum Gasteiger partial charge on any atom is -0.344 e. The molecule has 0 fully saturated rings. The van der Waals surface area contributed by atoms with Gasteiger partial charge in [0.1, 0.15) is 0 Å². The molecule has 1 amide bonds. The average molecular weight is 290 g/mol. The molecule has 0 aromatic heterocycles. The largest absolute Gasteiger partial charge is 0.344 e. The Hall–Kier alpha value is -1.44. The second kappa shape index (κ2) is 9.46. The van der Waals surface area contributed by atoms with E-state index >= 15 is 0 Å². The minimum atomic E-state index is -0.0324. The van der Waals surface area contributed by atoms with Gasteiger partial charge < -0.3 is 10.6 Å². The Morgan fingerprint density at radius 1 is 1.40 bits per heavy atom. The minimum absolute atomic E-state index is 0.0324. The summed E-state index contributed by atoms with van der Waals surface area (Å²) >= 11 is 1.52. The number of rotatable bonds is 8. The number of hydrogen-bond donors (Lipinski definition) is 2. The molecular formula is C16H22N2OS. The Morgan fingerprint density at radius 3 is 2.70 bits per heavy atom. The standard InChI is InChI=1S/C16H22N2OS/c1-4-10-17-13(3)14-6-8-15(9-7-14)20-12-16(19)18-11-5-2/h2,6-9,13,17H,4,10-12H2,1,3H3,(H,18,19). The zero-order valence-corrected chi connectivity index (χ0v) is 12.9. The molecule has 1 rings (SSSR count). The van der Waals surface area contributed by atoms with E-state index < -0.39 is 0 Å². The van der Waals surface area contributed by atoms with Crippen LogP contribution in [0.25, 0.3) is 0 Å². The van der Waals surface area contributed by atoms with Crippen molar-refractivity contribution in [3.8, 4) is 12.3 Å². The van der Waals surface area contributed by atoms with Gasteiger partial charge in [0.15, 0.2) is 0 Å². The maximum atomic E-state index is 11.4. The van der Waals surface area contributed by atoms with Crippen LogP contribution in [0.2, 0.25) is 0 Å². The van der Waals surface area contributed by atoms with Gasteiger partial charge in [-0.1, -0.05) is 25.0 Å². The molecule has 1 unspecified atom stereocenters. The highest BCUT2D eigenvalue weighted by atomic mass is 32.2. The van der Waals surface area contributed by atoms with Gasteiger partial charge >= 0.3 is 0 Å². The van der Waals surface area contributed by atoms with Gasteiger partial charge in [-0.3, -0.25) is 4.79 Å². The number of nitrogens with one attached hydrogen (secondary N) is 2. The number of benzene rings is 1. The molecule has 20 heavy (non-hydrogen) atoms. The molecule has 0 saturated carbocycles. The lowest BCUT2D eigenvalue weighted by Gasteiger charge is -2.13. The highest BCUT2D eigenvalue weighted by Crippen LogP contribution is 2.20. The summed E-state index contributed by atoms with van der Waals surface area (Å²) in [4.78, 5) is 12.5. The molecule has 0 radical (unpaired) electrons. The smallest absolute Gasteiger partial charge is 0.231 e. The molecule has 1 atom stereocenters. The van der Waals surface area contributed by atoms with E-state index in [9.17, 15) is 4.79 Å². The molecule has 2 N–H and O–H groups in total. The Morgan fingerprint density at radius 2 is 2.10 bits per heavy atom. The van der Waals surface area contributed by atoms with Gasteiger partial charge in [0.05, 0.1) is 12.3 Å². The fraction of sp³-hybridized carbons (Fsp3) is 0.438. The fourth-order valence-electron chi connectivity index (χ4n) is 1.68. The van der Waals surface area contributed by atoms with Crippen molar-refractivity contribution in [1.29, 1.82) is 0 Å². The lowest BCUT2D eigenvalue weighted by Crippen LogP contribution is -2.25. The van der Waals surface area contributed by atoms with Crippen molar-refractivity contribution in [3.05, 3.63) is 29.8 Å². The van der Waals surface area contributed by atoms with Crippen molar-refractivity contribution in [3.63, 3.8) is 0 Å². The summed E-state index contributed by atoms with van der Waals surface area (Å²) in [6, 6.07) is 8.68. The molecule has 1 aromatic carbocycles. The van der Waals surface area contributed by atoms with Gasteiger partial charge in [-0.05, 0) is 37.6 Å². The summed E-state index contributed by atoms with van der Waals surface area (Å²) in [6.45, 7) is 5.63. The Labute approximate surface area is 125 Å². The molecular weight excluding hydrogens is 268 g/mol. The normalized spacial score (nSPS) is 11.7. The highest BCUT2D eigenvalue weighted by molar-refractivity contribution is 8.00. The number of thioether (sulfide) groups is 1. The van der Waals surface area contributed by atoms with Crippen molar-refractivity contribution in [2.24, 2.45) is 0 Å². The van der Waals surface area contributed by atoms with Crippen molar-refractivity contribution in [1.82, 2.24) is 10.6 Å². The third-order valence-electron chi connectivity index (χ3n) is 2.84. The summed E-state index contributed by atoms with van der Waals surface area (Å²) in [5.74, 6) is 2.75. The zero-order chi connectivity index (χ0) is 14.8. The van der Waals surface area contributed by atoms with Gasteiger partial charge in [0, 0.05) is 10.9 Å². The summed E-state index contributed by atoms with van der Waals surface area (Å²) < 4.78 is 0. The first-order valence-corrected chi connectivity index (χ1v) is 7.82. The molecule has 0 saturated heterocycles. The first kappa shape index (κ1) is 16.6. The second-order valence-corrected chi connectivity index (χ2v) is 5.56. The summed E-state index contributed by atoms with van der Waals surface area (Å²) in [7, 11) is 0. The maximum Gasteiger partial charge on any atom is 0.231 e. The van der Waals surface area contributed by atoms with Crippen molar-refractivity contribution in [2.75, 3.05) is 18.8 Å². The van der Waals surface area contributed by atoms with E-state index in [1.807, 2.05) is 0 Å². The van der Waals surface area contributed by atoms with Crippen LogP contribution >= 0.6 is 11.8 Å². The Balaban J connectivity index is 2.42. The molecule has 0 aliphatic heterocycles. The lowest BCUT2D eigenvalue weighted by molar-refractivity contribution is -0.118. The molecule has 0 heterocycles. The number of carbonyl (C=O) groups is 1. The predicted molar refractivity (Wildman–Crippen MR) is 85.7 cm³/mol. The molecule has 3 nitrogen and oxygen atoms in total. The molecule has 0 aliphatic carbocycles. The van der Waals surface area contributed by atoms with Gasteiger partial charge in [-0.2, -0.15) is 0 Å². The van der Waals surface area contributed by atoms with Crippen LogP contribution in [-0.2, 0) is 4.79 Å². The Kier molecular flexibility index (Phi) is 7.86. The quantitative estimate of drug-likeness (QED) is 0.571. The van der Waals surface area contributed by atoms with Crippen LogP contribution in [0.1, 0.15) is 31.9 Å². The first-order valence-electron chi connectivity index (χ1n) is 6.83. The van der Waals surface area contributed by atoms with Crippen LogP contribution in [0.15, 0.2) is 29.2 Å². The topological polar surface area (TPSA) is 41.1 Å². The Bertz CT molecular complexity index is 451. The third kappa shape index (κ3) is 6.14. The van der Waals surface area contributed by atoms with Crippen molar-refractivity contribution in [2.45, 2.75) is 31.2 Å². The van der Waals surface area contributed by atoms with Gasteiger partial charge in [0.2, 0.25) is 5.91 Å². The van der Waals surface area contributed by atoms with Gasteiger partial charge in [0.25, 0.3) is 0 Å². The van der Waals surface area contributed by atoms with Crippen molar-refractivity contribution >= 4 is 17.7 Å². The zero-order valence-electron chi connectivity index (χ0n) is 12.1. The fourth-order valence-corrected chi connectivity index (χ4v) is 2.41. The van der Waals surface area contributed by atoms with E-state index in [2.05, 4.69) is 54.7 Å². The molecule has 1 aromatic rings. The highest BCUT2D eigenvalue weighted by Gasteiger charge is 2.05. The predicted octanol–water partition coefficient (Wildman–Crippen LogP) is 2.59. The summed E-state index contributed by atoms with van der Waals surface area (Å²) in [5, 5.41) is 6.10. The SMILES string of the molecule is C#CCNC(=O)CSc1ccc(C(C)NCCC)cc1. The molecule has 0 bridgehead atoms. The van der Waals surface area contributed by atoms with E-state index in [0.717, 1.165) is 17.9 Å². The van der Waals surface area contributed by atoms with Crippen LogP contribution in [0.3, 0.4) is 0 Å². The molecule has 4 heteroatoms. The number of terminal acetylenes is 1. The van der Waals surface area contributed by atoms with Crippen LogP contribution in [0.5, 0.6) is 0 Å². The maximum absolute atomic E-state index is 11.4. The van der Waals surface area contributed by atoms with E-state index in [4.69, 9.17) is 6.42 Å². The van der Waals surface area contributed by atoms with E-state index in [1.54, 1.807) is 0 Å². The lowest BCUT2D eigenvalue weighted by atomic mass is 10.1. The average Bonchev–Trinajstić information content (AvgIpc) is 2.49. The molecule has 0 spiro atoms. The monoisotopic (exact) mass is 290 g/mol. The molecule has 108 valence electrons. The van der Waals surface area contributed by atoms with Crippen LogP contribution in [0.4, 0.5) is 0 Å². The number of hydrogen-bond acceptors (Lipinski definition) is 3. The van der Waals surface area contributed by atoms with E-state index in [-0.39, 0.29) is 5.91 Å². The van der Waals surface area contributed by atoms with E-state index in [1.165, 1.54) is 17.3 Å². The van der Waals surface area contributed by atoms with Crippen LogP contribution in [0, 0.1) is 12.3 Å². The second-order valence-electron chi connectivity index (χ2n) is 4.51. The molecule has 0 aliphatic rings. The van der Waals surface area contributed by atoms with Crippen LogP contribution < -0.4 is 10.6 Å². The van der Waals surface area contributed by atoms with Gasteiger partial charge in [-0.15, -0.1) is 18.2 Å².